The number of likely N-dealkylation sites (tertiary alicyclic amines) is 1. The molecule has 4 rings (SSSR count). The quantitative estimate of drug-likeness (QED) is 0.266. The average molecular weight is 622 g/mol. The monoisotopic (exact) mass is 621 g/mol. The molecule has 44 heavy (non-hydrogen) atoms. The molecule has 12 heteroatoms. The Morgan fingerprint density at radius 1 is 0.909 bits per heavy atom. The normalized spacial score (nSPS) is 21.7. The van der Waals surface area contributed by atoms with Crippen molar-refractivity contribution in [3.8, 4) is 0 Å². The molecule has 2 amide bonds. The molecule has 0 bridgehead atoms. The summed E-state index contributed by atoms with van der Waals surface area (Å²) in [4.78, 5) is 35.5. The first-order valence-electron chi connectivity index (χ1n) is 15.0. The third-order valence-electron chi connectivity index (χ3n) is 8.53. The van der Waals surface area contributed by atoms with Crippen LogP contribution in [0.4, 0.5) is 18.0 Å². The standard InChI is InChI=1S/C30H41N3O4.C2HF3O2/c1-22(30(37,25-10-4-2-5-11-25)26-12-6-3-7-13-26)31-29(36)32-27-16-14-23(15-17-27)18-20-33-19-8-9-24(21-33)28(34)35;3-2(4,5)1(6)7/h2-7,10-13,22-24,27,37H,8-9,14-21H2,1H3,(H,34,35)(H2,31,32,36);(H,6,7)/t22-,23-,24?,27-;/m1./s1. The zero-order chi connectivity index (χ0) is 32.3. The zero-order valence-electron chi connectivity index (χ0n) is 24.8. The van der Waals surface area contributed by atoms with E-state index in [1.807, 2.05) is 67.6 Å². The third-order valence-corrected chi connectivity index (χ3v) is 8.53. The molecule has 1 saturated heterocycles. The van der Waals surface area contributed by atoms with Crippen LogP contribution in [0.5, 0.6) is 0 Å². The molecule has 9 nitrogen and oxygen atoms in total. The summed E-state index contributed by atoms with van der Waals surface area (Å²) in [6.07, 6.45) is 1.76. The first-order chi connectivity index (χ1) is 20.8. The fourth-order valence-electron chi connectivity index (χ4n) is 6.00. The number of carbonyl (C=O) groups is 3. The molecular weight excluding hydrogens is 579 g/mol. The number of hydrogen-bond acceptors (Lipinski definition) is 5. The maximum absolute atomic E-state index is 12.9. The number of benzene rings is 2. The van der Waals surface area contributed by atoms with Crippen molar-refractivity contribution in [3.63, 3.8) is 0 Å². The molecule has 1 aliphatic heterocycles. The molecule has 1 saturated carbocycles. The van der Waals surface area contributed by atoms with Crippen LogP contribution < -0.4 is 10.6 Å². The van der Waals surface area contributed by atoms with Gasteiger partial charge in [-0.15, -0.1) is 0 Å². The van der Waals surface area contributed by atoms with Gasteiger partial charge in [0.1, 0.15) is 5.60 Å². The molecule has 2 atom stereocenters. The number of carbonyl (C=O) groups excluding carboxylic acids is 1. The van der Waals surface area contributed by atoms with Crippen LogP contribution in [-0.4, -0.2) is 76.1 Å². The number of hydrogen-bond donors (Lipinski definition) is 5. The number of nitrogens with one attached hydrogen (secondary N) is 2. The second-order valence-electron chi connectivity index (χ2n) is 11.6. The Morgan fingerprint density at radius 3 is 1.91 bits per heavy atom. The Bertz CT molecular complexity index is 1170. The number of rotatable bonds is 9. The van der Waals surface area contributed by atoms with Crippen molar-refractivity contribution < 1.29 is 42.9 Å². The molecule has 1 unspecified atom stereocenters. The molecule has 2 aromatic rings. The number of piperidine rings is 1. The molecule has 2 fully saturated rings. The minimum absolute atomic E-state index is 0.122. The molecular formula is C32H42F3N3O6. The zero-order valence-corrected chi connectivity index (χ0v) is 24.8. The number of halogens is 3. The van der Waals surface area contributed by atoms with Gasteiger partial charge in [-0.2, -0.15) is 13.2 Å². The van der Waals surface area contributed by atoms with Gasteiger partial charge in [-0.3, -0.25) is 4.79 Å². The molecule has 1 heterocycles. The second kappa shape index (κ2) is 15.9. The van der Waals surface area contributed by atoms with E-state index in [9.17, 15) is 33.0 Å². The van der Waals surface area contributed by atoms with E-state index in [0.29, 0.717) is 12.5 Å². The number of alkyl halides is 3. The minimum Gasteiger partial charge on any atom is -0.481 e. The predicted molar refractivity (Wildman–Crippen MR) is 158 cm³/mol. The van der Waals surface area contributed by atoms with E-state index < -0.39 is 29.8 Å². The number of carboxylic acids is 2. The summed E-state index contributed by atoms with van der Waals surface area (Å²) in [5.74, 6) is -3.04. The summed E-state index contributed by atoms with van der Waals surface area (Å²) in [6, 6.07) is 18.3. The van der Waals surface area contributed by atoms with E-state index in [1.165, 1.54) is 0 Å². The maximum Gasteiger partial charge on any atom is 0.490 e. The molecule has 1 aliphatic carbocycles. The Balaban J connectivity index is 0.000000676. The summed E-state index contributed by atoms with van der Waals surface area (Å²) in [7, 11) is 0. The molecule has 2 aromatic carbocycles. The van der Waals surface area contributed by atoms with E-state index >= 15 is 0 Å². The van der Waals surface area contributed by atoms with Crippen molar-refractivity contribution >= 4 is 18.0 Å². The largest absolute Gasteiger partial charge is 0.490 e. The summed E-state index contributed by atoms with van der Waals surface area (Å²) in [6.45, 7) is 4.47. The summed E-state index contributed by atoms with van der Waals surface area (Å²) >= 11 is 0. The van der Waals surface area contributed by atoms with Gasteiger partial charge >= 0.3 is 24.1 Å². The lowest BCUT2D eigenvalue weighted by Gasteiger charge is -2.36. The van der Waals surface area contributed by atoms with Crippen LogP contribution in [0.3, 0.4) is 0 Å². The number of aliphatic carboxylic acids is 2. The third kappa shape index (κ3) is 9.95. The molecule has 2 aliphatic rings. The first-order valence-corrected chi connectivity index (χ1v) is 15.0. The lowest BCUT2D eigenvalue weighted by atomic mass is 9.81. The second-order valence-corrected chi connectivity index (χ2v) is 11.6. The van der Waals surface area contributed by atoms with Crippen LogP contribution in [0.1, 0.15) is 63.0 Å². The Labute approximate surface area is 255 Å². The summed E-state index contributed by atoms with van der Waals surface area (Å²) < 4.78 is 31.7. The topological polar surface area (TPSA) is 139 Å². The number of nitrogens with zero attached hydrogens (tertiary/aromatic N) is 1. The Morgan fingerprint density at radius 2 is 1.43 bits per heavy atom. The van der Waals surface area contributed by atoms with E-state index in [1.54, 1.807) is 0 Å². The van der Waals surface area contributed by atoms with Crippen molar-refractivity contribution in [2.45, 2.75) is 75.7 Å². The maximum atomic E-state index is 12.9. The smallest absolute Gasteiger partial charge is 0.481 e. The van der Waals surface area contributed by atoms with Gasteiger partial charge in [0.05, 0.1) is 12.0 Å². The van der Waals surface area contributed by atoms with Crippen molar-refractivity contribution in [1.29, 1.82) is 0 Å². The Hall–Kier alpha value is -3.64. The lowest BCUT2D eigenvalue weighted by Crippen LogP contribution is -2.54. The highest BCUT2D eigenvalue weighted by molar-refractivity contribution is 5.75. The predicted octanol–water partition coefficient (Wildman–Crippen LogP) is 4.99. The van der Waals surface area contributed by atoms with Gasteiger partial charge in [0.2, 0.25) is 0 Å². The van der Waals surface area contributed by atoms with Crippen molar-refractivity contribution in [2.24, 2.45) is 11.8 Å². The summed E-state index contributed by atoms with van der Waals surface area (Å²) in [5, 5.41) is 34.4. The molecule has 5 N–H and O–H groups in total. The lowest BCUT2D eigenvalue weighted by molar-refractivity contribution is -0.192. The average Bonchev–Trinajstić information content (AvgIpc) is 3.01. The van der Waals surface area contributed by atoms with Crippen molar-refractivity contribution in [1.82, 2.24) is 15.5 Å². The number of aliphatic hydroxyl groups is 1. The van der Waals surface area contributed by atoms with Crippen molar-refractivity contribution in [3.05, 3.63) is 71.8 Å². The molecule has 0 radical (unpaired) electrons. The van der Waals surface area contributed by atoms with Crippen LogP contribution in [0.15, 0.2) is 60.7 Å². The highest BCUT2D eigenvalue weighted by Gasteiger charge is 2.39. The Kier molecular flexibility index (Phi) is 12.6. The fourth-order valence-corrected chi connectivity index (χ4v) is 6.00. The van der Waals surface area contributed by atoms with Gasteiger partial charge in [-0.25, -0.2) is 9.59 Å². The van der Waals surface area contributed by atoms with E-state index in [2.05, 4.69) is 15.5 Å². The van der Waals surface area contributed by atoms with Crippen LogP contribution in [0.25, 0.3) is 0 Å². The van der Waals surface area contributed by atoms with Gasteiger partial charge in [0, 0.05) is 12.6 Å². The van der Waals surface area contributed by atoms with E-state index in [-0.39, 0.29) is 18.0 Å². The van der Waals surface area contributed by atoms with Gasteiger partial charge in [0.25, 0.3) is 0 Å². The van der Waals surface area contributed by atoms with Gasteiger partial charge < -0.3 is 30.9 Å². The minimum atomic E-state index is -5.08. The number of urea groups is 1. The number of amides is 2. The molecule has 0 aromatic heterocycles. The summed E-state index contributed by atoms with van der Waals surface area (Å²) in [5.41, 5.74) is 0.113. The van der Waals surface area contributed by atoms with Gasteiger partial charge in [-0.1, -0.05) is 60.7 Å². The first kappa shape index (κ1) is 34.8. The fraction of sp³-hybridized carbons (Fsp3) is 0.531. The van der Waals surface area contributed by atoms with Gasteiger partial charge in [0.15, 0.2) is 0 Å². The van der Waals surface area contributed by atoms with Gasteiger partial charge in [-0.05, 0) is 82.0 Å². The van der Waals surface area contributed by atoms with Crippen LogP contribution in [0, 0.1) is 11.8 Å². The molecule has 0 spiro atoms. The highest BCUT2D eigenvalue weighted by Crippen LogP contribution is 2.33. The number of carboxylic acid groups (broad SMARTS) is 2. The SMILES string of the molecule is C[C@@H](NC(=O)N[C@H]1CC[C@H](CCN2CCCC(C(=O)O)C2)CC1)C(O)(c1ccccc1)c1ccccc1.O=C(O)C(F)(F)F. The van der Waals surface area contributed by atoms with Crippen LogP contribution >= 0.6 is 0 Å². The van der Waals surface area contributed by atoms with Crippen LogP contribution in [0.2, 0.25) is 0 Å². The van der Waals surface area contributed by atoms with E-state index in [4.69, 9.17) is 9.90 Å². The van der Waals surface area contributed by atoms with Crippen molar-refractivity contribution in [2.75, 3.05) is 19.6 Å². The highest BCUT2D eigenvalue weighted by atomic mass is 19.4. The van der Waals surface area contributed by atoms with E-state index in [0.717, 1.165) is 69.2 Å². The van der Waals surface area contributed by atoms with Crippen LogP contribution in [-0.2, 0) is 15.2 Å². The molecule has 242 valence electrons.